The summed E-state index contributed by atoms with van der Waals surface area (Å²) >= 11 is 0. The largest absolute Gasteiger partial charge is 0.483 e. The van der Waals surface area contributed by atoms with E-state index < -0.39 is 0 Å². The number of rotatable bonds is 6. The minimum Gasteiger partial charge on any atom is -0.483 e. The van der Waals surface area contributed by atoms with Crippen molar-refractivity contribution in [2.45, 2.75) is 26.3 Å². The summed E-state index contributed by atoms with van der Waals surface area (Å²) < 4.78 is 18.6. The van der Waals surface area contributed by atoms with Crippen LogP contribution in [0.3, 0.4) is 0 Å². The van der Waals surface area contributed by atoms with Crippen LogP contribution in [0.1, 0.15) is 19.4 Å². The van der Waals surface area contributed by atoms with E-state index in [9.17, 15) is 9.18 Å². The molecule has 106 valence electrons. The van der Waals surface area contributed by atoms with E-state index in [-0.39, 0.29) is 24.4 Å². The topological polar surface area (TPSA) is 55.6 Å². The number of nitrogens with two attached hydrogens (primary N) is 1. The summed E-state index contributed by atoms with van der Waals surface area (Å²) in [5, 5.41) is 0. The number of nitrogens with zero attached hydrogens (tertiary/aromatic N) is 1. The summed E-state index contributed by atoms with van der Waals surface area (Å²) in [6.07, 6.45) is 0.515. The molecule has 0 atom stereocenters. The van der Waals surface area contributed by atoms with Crippen LogP contribution < -0.4 is 10.5 Å². The summed E-state index contributed by atoms with van der Waals surface area (Å²) in [7, 11) is 1.72. The Morgan fingerprint density at radius 2 is 2.16 bits per heavy atom. The number of hydrogen-bond donors (Lipinski definition) is 1. The van der Waals surface area contributed by atoms with Crippen LogP contribution in [0.5, 0.6) is 5.75 Å². The molecule has 0 saturated carbocycles. The summed E-state index contributed by atoms with van der Waals surface area (Å²) in [4.78, 5) is 13.4. The lowest BCUT2D eigenvalue weighted by molar-refractivity contribution is -0.133. The molecule has 1 amide bonds. The Labute approximate surface area is 113 Å². The van der Waals surface area contributed by atoms with Crippen LogP contribution in [0.2, 0.25) is 0 Å². The van der Waals surface area contributed by atoms with Crippen LogP contribution >= 0.6 is 0 Å². The van der Waals surface area contributed by atoms with Crippen molar-refractivity contribution in [2.75, 3.05) is 20.2 Å². The van der Waals surface area contributed by atoms with Gasteiger partial charge in [0.1, 0.15) is 11.6 Å². The predicted molar refractivity (Wildman–Crippen MR) is 72.6 cm³/mol. The normalized spacial score (nSPS) is 10.6. The minimum absolute atomic E-state index is 0.0577. The second-order valence-electron chi connectivity index (χ2n) is 4.68. The van der Waals surface area contributed by atoms with Gasteiger partial charge in [0.2, 0.25) is 0 Å². The van der Waals surface area contributed by atoms with Crippen molar-refractivity contribution in [1.82, 2.24) is 4.90 Å². The Kier molecular flexibility index (Phi) is 5.76. The highest BCUT2D eigenvalue weighted by Gasteiger charge is 2.13. The fourth-order valence-corrected chi connectivity index (χ4v) is 1.57. The van der Waals surface area contributed by atoms with Gasteiger partial charge in [-0.3, -0.25) is 4.79 Å². The molecule has 1 rings (SSSR count). The minimum atomic E-state index is -0.332. The van der Waals surface area contributed by atoms with Gasteiger partial charge in [-0.05, 0) is 50.6 Å². The molecule has 0 aromatic heterocycles. The monoisotopic (exact) mass is 268 g/mol. The van der Waals surface area contributed by atoms with E-state index in [4.69, 9.17) is 10.5 Å². The van der Waals surface area contributed by atoms with Crippen molar-refractivity contribution < 1.29 is 13.9 Å². The molecule has 2 N–H and O–H groups in total. The number of carbonyl (C=O) groups is 1. The van der Waals surface area contributed by atoms with E-state index in [1.807, 2.05) is 13.8 Å². The van der Waals surface area contributed by atoms with Crippen LogP contribution in [0.15, 0.2) is 18.2 Å². The third kappa shape index (κ3) is 4.52. The lowest BCUT2D eigenvalue weighted by Gasteiger charge is -2.21. The molecule has 0 aliphatic rings. The Bertz CT molecular complexity index is 435. The maximum Gasteiger partial charge on any atom is 0.260 e. The van der Waals surface area contributed by atoms with Crippen LogP contribution in [0, 0.1) is 5.82 Å². The molecule has 0 saturated heterocycles. The highest BCUT2D eigenvalue weighted by molar-refractivity contribution is 5.77. The summed E-state index contributed by atoms with van der Waals surface area (Å²) in [5.41, 5.74) is 6.15. The molecule has 4 nitrogen and oxygen atoms in total. The molecule has 0 aliphatic heterocycles. The summed E-state index contributed by atoms with van der Waals surface area (Å²) in [6.45, 7) is 4.20. The summed E-state index contributed by atoms with van der Waals surface area (Å²) in [6, 6.07) is 4.35. The van der Waals surface area contributed by atoms with Gasteiger partial charge in [0, 0.05) is 13.1 Å². The SMILES string of the molecule is CC(C)N(C)C(=O)COc1ccc(F)cc1CCN. The number of carbonyl (C=O) groups excluding carboxylic acids is 1. The molecule has 0 unspecified atom stereocenters. The number of hydrogen-bond acceptors (Lipinski definition) is 3. The highest BCUT2D eigenvalue weighted by Crippen LogP contribution is 2.20. The summed E-state index contributed by atoms with van der Waals surface area (Å²) in [5.74, 6) is 0.0665. The molecule has 19 heavy (non-hydrogen) atoms. The van der Waals surface area contributed by atoms with Crippen molar-refractivity contribution in [2.24, 2.45) is 5.73 Å². The molecule has 1 aromatic carbocycles. The Morgan fingerprint density at radius 1 is 1.47 bits per heavy atom. The van der Waals surface area contributed by atoms with Crippen molar-refractivity contribution in [3.05, 3.63) is 29.6 Å². The number of benzene rings is 1. The predicted octanol–water partition coefficient (Wildman–Crippen LogP) is 1.57. The average Bonchev–Trinajstić information content (AvgIpc) is 2.36. The fourth-order valence-electron chi connectivity index (χ4n) is 1.57. The van der Waals surface area contributed by atoms with Gasteiger partial charge in [-0.15, -0.1) is 0 Å². The maximum absolute atomic E-state index is 13.1. The Morgan fingerprint density at radius 3 is 2.74 bits per heavy atom. The van der Waals surface area contributed by atoms with Crippen LogP contribution in [-0.2, 0) is 11.2 Å². The van der Waals surface area contributed by atoms with Gasteiger partial charge < -0.3 is 15.4 Å². The van der Waals surface area contributed by atoms with Gasteiger partial charge in [0.15, 0.2) is 6.61 Å². The fraction of sp³-hybridized carbons (Fsp3) is 0.500. The van der Waals surface area contributed by atoms with Gasteiger partial charge in [-0.1, -0.05) is 0 Å². The first-order valence-corrected chi connectivity index (χ1v) is 6.32. The molecule has 0 radical (unpaired) electrons. The second-order valence-corrected chi connectivity index (χ2v) is 4.68. The molecule has 1 aromatic rings. The van der Waals surface area contributed by atoms with Crippen molar-refractivity contribution in [3.63, 3.8) is 0 Å². The number of halogens is 1. The van der Waals surface area contributed by atoms with Crippen molar-refractivity contribution in [3.8, 4) is 5.75 Å². The zero-order chi connectivity index (χ0) is 14.4. The van der Waals surface area contributed by atoms with Gasteiger partial charge in [0.25, 0.3) is 5.91 Å². The molecule has 0 heterocycles. The van der Waals surface area contributed by atoms with E-state index in [1.165, 1.54) is 18.2 Å². The highest BCUT2D eigenvalue weighted by atomic mass is 19.1. The van der Waals surface area contributed by atoms with Crippen LogP contribution in [0.4, 0.5) is 4.39 Å². The molecule has 5 heteroatoms. The number of likely N-dealkylation sites (N-methyl/N-ethyl adjacent to an activating group) is 1. The molecular weight excluding hydrogens is 247 g/mol. The third-order valence-corrected chi connectivity index (χ3v) is 2.96. The first kappa shape index (κ1) is 15.4. The van der Waals surface area contributed by atoms with Crippen molar-refractivity contribution in [1.29, 1.82) is 0 Å². The molecular formula is C14H21FN2O2. The van der Waals surface area contributed by atoms with Gasteiger partial charge in [-0.2, -0.15) is 0 Å². The van der Waals surface area contributed by atoms with E-state index in [1.54, 1.807) is 11.9 Å². The average molecular weight is 268 g/mol. The van der Waals surface area contributed by atoms with E-state index in [0.29, 0.717) is 24.3 Å². The zero-order valence-electron chi connectivity index (χ0n) is 11.6. The lowest BCUT2D eigenvalue weighted by Crippen LogP contribution is -2.36. The Balaban J connectivity index is 2.69. The van der Waals surface area contributed by atoms with Gasteiger partial charge >= 0.3 is 0 Å². The third-order valence-electron chi connectivity index (χ3n) is 2.96. The van der Waals surface area contributed by atoms with Crippen molar-refractivity contribution >= 4 is 5.91 Å². The van der Waals surface area contributed by atoms with E-state index >= 15 is 0 Å². The first-order valence-electron chi connectivity index (χ1n) is 6.32. The Hall–Kier alpha value is -1.62. The standard InChI is InChI=1S/C14H21FN2O2/c1-10(2)17(3)14(18)9-19-13-5-4-12(15)8-11(13)6-7-16/h4-5,8,10H,6-7,9,16H2,1-3H3. The number of amides is 1. The van der Waals surface area contributed by atoms with Gasteiger partial charge in [-0.25, -0.2) is 4.39 Å². The smallest absolute Gasteiger partial charge is 0.260 e. The molecule has 0 aliphatic carbocycles. The molecule has 0 bridgehead atoms. The van der Waals surface area contributed by atoms with Crippen LogP contribution in [0.25, 0.3) is 0 Å². The van der Waals surface area contributed by atoms with E-state index in [0.717, 1.165) is 0 Å². The zero-order valence-corrected chi connectivity index (χ0v) is 11.6. The first-order chi connectivity index (χ1) is 8.95. The maximum atomic E-state index is 13.1. The molecule has 0 fully saturated rings. The second kappa shape index (κ2) is 7.09. The van der Waals surface area contributed by atoms with Gasteiger partial charge in [0.05, 0.1) is 0 Å². The molecule has 0 spiro atoms. The lowest BCUT2D eigenvalue weighted by atomic mass is 10.1. The number of ether oxygens (including phenoxy) is 1. The van der Waals surface area contributed by atoms with E-state index in [2.05, 4.69) is 0 Å². The van der Waals surface area contributed by atoms with Crippen LogP contribution in [-0.4, -0.2) is 37.0 Å². The quantitative estimate of drug-likeness (QED) is 0.852.